The van der Waals surface area contributed by atoms with Gasteiger partial charge in [0.1, 0.15) is 5.75 Å². The number of ether oxygens (including phenoxy) is 1. The van der Waals surface area contributed by atoms with E-state index in [0.717, 1.165) is 13.0 Å². The van der Waals surface area contributed by atoms with E-state index in [1.807, 2.05) is 13.8 Å². The van der Waals surface area contributed by atoms with Crippen molar-refractivity contribution in [1.29, 1.82) is 0 Å². The van der Waals surface area contributed by atoms with Gasteiger partial charge in [0.25, 0.3) is 0 Å². The van der Waals surface area contributed by atoms with Crippen molar-refractivity contribution in [3.63, 3.8) is 0 Å². The molecule has 18 heavy (non-hydrogen) atoms. The minimum Gasteiger partial charge on any atom is -0.465 e. The van der Waals surface area contributed by atoms with Gasteiger partial charge in [0.05, 0.1) is 11.9 Å². The topological polar surface area (TPSA) is 72.5 Å². The highest BCUT2D eigenvalue weighted by atomic mass is 32.2. The maximum atomic E-state index is 12.1. The lowest BCUT2D eigenvalue weighted by molar-refractivity contribution is -0.139. The molecule has 0 radical (unpaired) electrons. The van der Waals surface area contributed by atoms with E-state index in [0.29, 0.717) is 6.42 Å². The van der Waals surface area contributed by atoms with E-state index >= 15 is 0 Å². The van der Waals surface area contributed by atoms with Crippen molar-refractivity contribution in [1.82, 2.24) is 5.32 Å². The summed E-state index contributed by atoms with van der Waals surface area (Å²) in [6.07, 6.45) is 1.47. The van der Waals surface area contributed by atoms with Gasteiger partial charge in [-0.3, -0.25) is 4.79 Å². The van der Waals surface area contributed by atoms with Crippen LogP contribution >= 0.6 is 0 Å². The van der Waals surface area contributed by atoms with Gasteiger partial charge in [-0.1, -0.05) is 13.8 Å². The predicted molar refractivity (Wildman–Crippen MR) is 70.1 cm³/mol. The van der Waals surface area contributed by atoms with Crippen molar-refractivity contribution in [2.75, 3.05) is 18.9 Å². The zero-order valence-electron chi connectivity index (χ0n) is 11.3. The Morgan fingerprint density at radius 2 is 2.00 bits per heavy atom. The van der Waals surface area contributed by atoms with Gasteiger partial charge < -0.3 is 10.1 Å². The van der Waals surface area contributed by atoms with Crippen molar-refractivity contribution in [3.05, 3.63) is 0 Å². The Bertz CT molecular complexity index is 380. The van der Waals surface area contributed by atoms with Crippen LogP contribution in [0.4, 0.5) is 0 Å². The second kappa shape index (κ2) is 6.52. The van der Waals surface area contributed by atoms with Gasteiger partial charge in [0.2, 0.25) is 0 Å². The number of esters is 1. The molecule has 1 N–H and O–H groups in total. The third-order valence-corrected chi connectivity index (χ3v) is 5.76. The Balaban J connectivity index is 2.66. The highest BCUT2D eigenvalue weighted by Gasteiger charge is 2.41. The Labute approximate surface area is 109 Å². The summed E-state index contributed by atoms with van der Waals surface area (Å²) in [5.74, 6) is -1.09. The molecule has 0 heterocycles. The summed E-state index contributed by atoms with van der Waals surface area (Å²) in [5, 5.41) is 2.87. The Kier molecular flexibility index (Phi) is 5.59. The van der Waals surface area contributed by atoms with Crippen LogP contribution in [0.3, 0.4) is 0 Å². The van der Waals surface area contributed by atoms with Gasteiger partial charge in [-0.25, -0.2) is 8.42 Å². The Morgan fingerprint density at radius 3 is 2.56 bits per heavy atom. The van der Waals surface area contributed by atoms with Crippen LogP contribution in [0.15, 0.2) is 0 Å². The molecule has 3 unspecified atom stereocenters. The Hall–Kier alpha value is -0.620. The first kappa shape index (κ1) is 15.4. The molecular weight excluding hydrogens is 254 g/mol. The normalized spacial score (nSPS) is 28.3. The molecule has 0 spiro atoms. The molecule has 0 aliphatic heterocycles. The molecule has 1 fully saturated rings. The maximum Gasteiger partial charge on any atom is 0.321 e. The van der Waals surface area contributed by atoms with E-state index in [9.17, 15) is 13.2 Å². The molecule has 1 saturated carbocycles. The number of hydrogen-bond donors (Lipinski definition) is 1. The SMILES string of the molecule is CCNC1CCC(S(=O)(=O)CC(=O)OCC)C1C. The number of sulfone groups is 1. The molecule has 0 saturated heterocycles. The summed E-state index contributed by atoms with van der Waals surface area (Å²) in [7, 11) is -3.40. The van der Waals surface area contributed by atoms with Gasteiger partial charge in [-0.15, -0.1) is 0 Å². The third kappa shape index (κ3) is 3.68. The third-order valence-electron chi connectivity index (χ3n) is 3.54. The molecule has 0 amide bonds. The average molecular weight is 277 g/mol. The molecule has 0 aromatic heterocycles. The molecule has 6 heteroatoms. The van der Waals surface area contributed by atoms with Crippen molar-refractivity contribution in [2.24, 2.45) is 5.92 Å². The molecule has 5 nitrogen and oxygen atoms in total. The van der Waals surface area contributed by atoms with Crippen LogP contribution in [-0.2, 0) is 19.4 Å². The standard InChI is InChI=1S/C12H23NO4S/c1-4-13-10-6-7-11(9(10)3)18(15,16)8-12(14)17-5-2/h9-11,13H,4-8H2,1-3H3. The van der Waals surface area contributed by atoms with Gasteiger partial charge in [-0.05, 0) is 32.2 Å². The fourth-order valence-electron chi connectivity index (χ4n) is 2.66. The second-order valence-electron chi connectivity index (χ2n) is 4.75. The summed E-state index contributed by atoms with van der Waals surface area (Å²) in [5.41, 5.74) is 0. The van der Waals surface area contributed by atoms with Crippen molar-refractivity contribution < 1.29 is 17.9 Å². The van der Waals surface area contributed by atoms with Crippen LogP contribution in [-0.4, -0.2) is 44.6 Å². The minimum atomic E-state index is -3.40. The van der Waals surface area contributed by atoms with Crippen LogP contribution in [0.1, 0.15) is 33.6 Å². The lowest BCUT2D eigenvalue weighted by atomic mass is 10.1. The fourth-order valence-corrected chi connectivity index (χ4v) is 4.62. The minimum absolute atomic E-state index is 0.0457. The molecule has 106 valence electrons. The van der Waals surface area contributed by atoms with Crippen molar-refractivity contribution in [2.45, 2.75) is 44.9 Å². The number of carbonyl (C=O) groups excluding carboxylic acids is 1. The van der Waals surface area contributed by atoms with Gasteiger partial charge in [0, 0.05) is 6.04 Å². The summed E-state index contributed by atoms with van der Waals surface area (Å²) < 4.78 is 29.0. The smallest absolute Gasteiger partial charge is 0.321 e. The quantitative estimate of drug-likeness (QED) is 0.725. The van der Waals surface area contributed by atoms with Crippen LogP contribution < -0.4 is 5.32 Å². The molecule has 0 aromatic rings. The van der Waals surface area contributed by atoms with E-state index < -0.39 is 26.8 Å². The number of rotatable bonds is 6. The molecule has 1 rings (SSSR count). The molecular formula is C12H23NO4S. The Morgan fingerprint density at radius 1 is 1.33 bits per heavy atom. The van der Waals surface area contributed by atoms with Gasteiger partial charge in [-0.2, -0.15) is 0 Å². The largest absolute Gasteiger partial charge is 0.465 e. The number of nitrogens with one attached hydrogen (secondary N) is 1. The van der Waals surface area contributed by atoms with E-state index in [-0.39, 0.29) is 18.6 Å². The average Bonchev–Trinajstić information content (AvgIpc) is 2.61. The zero-order chi connectivity index (χ0) is 13.8. The molecule has 0 aromatic carbocycles. The summed E-state index contributed by atoms with van der Waals surface area (Å²) in [6, 6.07) is 0.233. The maximum absolute atomic E-state index is 12.1. The summed E-state index contributed by atoms with van der Waals surface area (Å²) >= 11 is 0. The number of carbonyl (C=O) groups is 1. The van der Waals surface area contributed by atoms with E-state index in [4.69, 9.17) is 4.74 Å². The number of hydrogen-bond acceptors (Lipinski definition) is 5. The van der Waals surface area contributed by atoms with E-state index in [2.05, 4.69) is 5.32 Å². The molecule has 3 atom stereocenters. The van der Waals surface area contributed by atoms with Crippen LogP contribution in [0.2, 0.25) is 0 Å². The highest BCUT2D eigenvalue weighted by molar-refractivity contribution is 7.92. The highest BCUT2D eigenvalue weighted by Crippen LogP contribution is 2.31. The summed E-state index contributed by atoms with van der Waals surface area (Å²) in [6.45, 7) is 6.67. The van der Waals surface area contributed by atoms with E-state index in [1.54, 1.807) is 6.92 Å². The van der Waals surface area contributed by atoms with Crippen molar-refractivity contribution >= 4 is 15.8 Å². The predicted octanol–water partition coefficient (Wildman–Crippen LogP) is 0.741. The molecule has 1 aliphatic rings. The first-order valence-electron chi connectivity index (χ1n) is 6.53. The first-order valence-corrected chi connectivity index (χ1v) is 8.24. The van der Waals surface area contributed by atoms with E-state index in [1.165, 1.54) is 0 Å². The first-order chi connectivity index (χ1) is 8.42. The van der Waals surface area contributed by atoms with Crippen LogP contribution in [0.5, 0.6) is 0 Å². The molecule has 0 bridgehead atoms. The molecule has 1 aliphatic carbocycles. The van der Waals surface area contributed by atoms with Gasteiger partial charge in [0.15, 0.2) is 9.84 Å². The lowest BCUT2D eigenvalue weighted by Gasteiger charge is -2.21. The van der Waals surface area contributed by atoms with Gasteiger partial charge >= 0.3 is 5.97 Å². The zero-order valence-corrected chi connectivity index (χ0v) is 12.1. The summed E-state index contributed by atoms with van der Waals surface area (Å²) in [4.78, 5) is 11.3. The fraction of sp³-hybridized carbons (Fsp3) is 0.917. The van der Waals surface area contributed by atoms with Crippen molar-refractivity contribution in [3.8, 4) is 0 Å². The lowest BCUT2D eigenvalue weighted by Crippen LogP contribution is -2.38. The second-order valence-corrected chi connectivity index (χ2v) is 6.97. The monoisotopic (exact) mass is 277 g/mol. The van der Waals surface area contributed by atoms with Crippen LogP contribution in [0.25, 0.3) is 0 Å². The van der Waals surface area contributed by atoms with Crippen LogP contribution in [0, 0.1) is 5.92 Å².